The number of rotatable bonds is 9. The van der Waals surface area contributed by atoms with Crippen molar-refractivity contribution < 1.29 is 8.42 Å². The van der Waals surface area contributed by atoms with E-state index >= 15 is 0 Å². The highest BCUT2D eigenvalue weighted by molar-refractivity contribution is 14.0. The van der Waals surface area contributed by atoms with E-state index in [1.54, 1.807) is 24.3 Å². The Hall–Kier alpha value is -1.30. The molecule has 1 fully saturated rings. The Bertz CT molecular complexity index is 931. The van der Waals surface area contributed by atoms with Crippen molar-refractivity contribution in [2.24, 2.45) is 10.1 Å². The minimum Gasteiger partial charge on any atom is -0.357 e. The molecule has 6 nitrogen and oxygen atoms in total. The maximum absolute atomic E-state index is 11.3. The van der Waals surface area contributed by atoms with E-state index in [9.17, 15) is 8.42 Å². The van der Waals surface area contributed by atoms with Crippen molar-refractivity contribution >= 4 is 51.7 Å². The van der Waals surface area contributed by atoms with Crippen LogP contribution < -0.4 is 15.8 Å². The standard InChI is InChI=1S/C21H28N4O2S2.HI/c1-2-23-20(24-15-12-17-8-10-19(11-9-17)29(22,26)27)25-16-21(13-14-21)28-18-6-4-3-5-7-18;/h3-11H,2,12-16H2,1H3,(H2,22,26,27)(H2,23,24,25);1H. The molecule has 9 heteroatoms. The fourth-order valence-corrected chi connectivity index (χ4v) is 4.65. The molecule has 3 rings (SSSR count). The van der Waals surface area contributed by atoms with Crippen molar-refractivity contribution in [3.8, 4) is 0 Å². The van der Waals surface area contributed by atoms with Gasteiger partial charge in [-0.15, -0.1) is 35.7 Å². The van der Waals surface area contributed by atoms with Crippen LogP contribution in [0.25, 0.3) is 0 Å². The maximum atomic E-state index is 11.3. The largest absolute Gasteiger partial charge is 0.357 e. The zero-order chi connectivity index (χ0) is 20.7. The maximum Gasteiger partial charge on any atom is 0.238 e. The van der Waals surface area contributed by atoms with Crippen molar-refractivity contribution in [2.45, 2.75) is 40.7 Å². The first-order valence-electron chi connectivity index (χ1n) is 9.78. The van der Waals surface area contributed by atoms with E-state index in [4.69, 9.17) is 10.1 Å². The fourth-order valence-electron chi connectivity index (χ4n) is 2.91. The summed E-state index contributed by atoms with van der Waals surface area (Å²) in [6, 6.07) is 17.2. The minimum absolute atomic E-state index is 0. The van der Waals surface area contributed by atoms with E-state index in [1.807, 2.05) is 17.8 Å². The van der Waals surface area contributed by atoms with E-state index in [2.05, 4.69) is 41.8 Å². The van der Waals surface area contributed by atoms with Gasteiger partial charge in [0.1, 0.15) is 0 Å². The number of halogens is 1. The number of benzene rings is 2. The third-order valence-corrected chi connectivity index (χ3v) is 7.12. The van der Waals surface area contributed by atoms with Gasteiger partial charge in [-0.05, 0) is 56.0 Å². The van der Waals surface area contributed by atoms with Crippen LogP contribution in [-0.2, 0) is 16.4 Å². The fraction of sp³-hybridized carbons (Fsp3) is 0.381. The average Bonchev–Trinajstić information content (AvgIpc) is 3.46. The molecule has 30 heavy (non-hydrogen) atoms. The van der Waals surface area contributed by atoms with E-state index in [0.29, 0.717) is 6.54 Å². The highest BCUT2D eigenvalue weighted by Crippen LogP contribution is 2.51. The van der Waals surface area contributed by atoms with Gasteiger partial charge >= 0.3 is 0 Å². The molecule has 0 radical (unpaired) electrons. The Morgan fingerprint density at radius 2 is 1.77 bits per heavy atom. The van der Waals surface area contributed by atoms with Gasteiger partial charge in [-0.2, -0.15) is 0 Å². The molecule has 0 saturated heterocycles. The molecule has 2 aromatic carbocycles. The van der Waals surface area contributed by atoms with Gasteiger partial charge < -0.3 is 10.6 Å². The van der Waals surface area contributed by atoms with Crippen LogP contribution in [0.3, 0.4) is 0 Å². The van der Waals surface area contributed by atoms with Gasteiger partial charge in [0.2, 0.25) is 10.0 Å². The molecule has 0 bridgehead atoms. The summed E-state index contributed by atoms with van der Waals surface area (Å²) in [6.45, 7) is 4.34. The van der Waals surface area contributed by atoms with Crippen LogP contribution in [0.1, 0.15) is 25.3 Å². The first kappa shape index (κ1) is 25.0. The van der Waals surface area contributed by atoms with Crippen LogP contribution in [-0.4, -0.2) is 38.8 Å². The molecular weight excluding hydrogens is 531 g/mol. The third kappa shape index (κ3) is 7.75. The van der Waals surface area contributed by atoms with Crippen molar-refractivity contribution in [3.05, 3.63) is 60.2 Å². The van der Waals surface area contributed by atoms with Gasteiger partial charge in [-0.3, -0.25) is 4.99 Å². The lowest BCUT2D eigenvalue weighted by Crippen LogP contribution is -2.39. The van der Waals surface area contributed by atoms with Crippen molar-refractivity contribution in [2.75, 3.05) is 19.6 Å². The minimum atomic E-state index is -3.65. The summed E-state index contributed by atoms with van der Waals surface area (Å²) in [7, 11) is -3.65. The van der Waals surface area contributed by atoms with Gasteiger partial charge in [0.15, 0.2) is 5.96 Å². The Morgan fingerprint density at radius 3 is 2.33 bits per heavy atom. The lowest BCUT2D eigenvalue weighted by atomic mass is 10.1. The zero-order valence-corrected chi connectivity index (χ0v) is 21.0. The van der Waals surface area contributed by atoms with Crippen LogP contribution >= 0.6 is 35.7 Å². The number of nitrogens with one attached hydrogen (secondary N) is 2. The Morgan fingerprint density at radius 1 is 1.10 bits per heavy atom. The number of hydrogen-bond acceptors (Lipinski definition) is 4. The van der Waals surface area contributed by atoms with E-state index in [0.717, 1.165) is 31.0 Å². The molecule has 0 aromatic heterocycles. The summed E-state index contributed by atoms with van der Waals surface area (Å²) >= 11 is 1.92. The topological polar surface area (TPSA) is 96.6 Å². The van der Waals surface area contributed by atoms with Crippen molar-refractivity contribution in [3.63, 3.8) is 0 Å². The summed E-state index contributed by atoms with van der Waals surface area (Å²) in [5.74, 6) is 0.814. The van der Waals surface area contributed by atoms with E-state index in [-0.39, 0.29) is 33.6 Å². The second-order valence-electron chi connectivity index (χ2n) is 7.16. The SMILES string of the molecule is CCNC(=NCC1(Sc2ccccc2)CC1)NCCc1ccc(S(N)(=O)=O)cc1.I. The van der Waals surface area contributed by atoms with Crippen LogP contribution in [0.4, 0.5) is 0 Å². The second kappa shape index (κ2) is 11.4. The summed E-state index contributed by atoms with van der Waals surface area (Å²) in [4.78, 5) is 6.23. The molecule has 1 aliphatic carbocycles. The second-order valence-corrected chi connectivity index (χ2v) is 10.3. The predicted molar refractivity (Wildman–Crippen MR) is 135 cm³/mol. The lowest BCUT2D eigenvalue weighted by molar-refractivity contribution is 0.598. The average molecular weight is 561 g/mol. The smallest absolute Gasteiger partial charge is 0.238 e. The summed E-state index contributed by atoms with van der Waals surface area (Å²) in [6.07, 6.45) is 3.14. The molecule has 1 saturated carbocycles. The first-order valence-corrected chi connectivity index (χ1v) is 12.1. The molecular formula is C21H29IN4O2S2. The Labute approximate surface area is 200 Å². The van der Waals surface area contributed by atoms with Crippen molar-refractivity contribution in [1.82, 2.24) is 10.6 Å². The monoisotopic (exact) mass is 560 g/mol. The number of hydrogen-bond donors (Lipinski definition) is 3. The molecule has 164 valence electrons. The normalized spacial score (nSPS) is 15.2. The number of sulfonamides is 1. The van der Waals surface area contributed by atoms with Gasteiger partial charge in [0.05, 0.1) is 11.4 Å². The zero-order valence-electron chi connectivity index (χ0n) is 17.0. The predicted octanol–water partition coefficient (Wildman–Crippen LogP) is 3.37. The lowest BCUT2D eigenvalue weighted by Gasteiger charge is -2.15. The number of aliphatic imine (C=N–C) groups is 1. The molecule has 1 aliphatic rings. The summed E-state index contributed by atoms with van der Waals surface area (Å²) < 4.78 is 22.9. The highest BCUT2D eigenvalue weighted by Gasteiger charge is 2.43. The molecule has 0 atom stereocenters. The highest BCUT2D eigenvalue weighted by atomic mass is 127. The molecule has 0 unspecified atom stereocenters. The van der Waals surface area contributed by atoms with Crippen LogP contribution in [0.15, 0.2) is 69.4 Å². The van der Waals surface area contributed by atoms with Gasteiger partial charge in [-0.25, -0.2) is 13.6 Å². The third-order valence-electron chi connectivity index (χ3n) is 4.71. The quantitative estimate of drug-likeness (QED) is 0.248. The molecule has 0 aliphatic heterocycles. The molecule has 0 amide bonds. The van der Waals surface area contributed by atoms with Gasteiger partial charge in [-0.1, -0.05) is 30.3 Å². The Kier molecular flexibility index (Phi) is 9.45. The van der Waals surface area contributed by atoms with Gasteiger partial charge in [0, 0.05) is 22.7 Å². The number of thioether (sulfide) groups is 1. The summed E-state index contributed by atoms with van der Waals surface area (Å²) in [5, 5.41) is 11.8. The van der Waals surface area contributed by atoms with Crippen LogP contribution in [0, 0.1) is 0 Å². The summed E-state index contributed by atoms with van der Waals surface area (Å²) in [5.41, 5.74) is 1.04. The Balaban J connectivity index is 0.00000320. The molecule has 0 spiro atoms. The van der Waals surface area contributed by atoms with Crippen LogP contribution in [0.2, 0.25) is 0 Å². The van der Waals surface area contributed by atoms with E-state index < -0.39 is 10.0 Å². The number of nitrogens with zero attached hydrogens (tertiary/aromatic N) is 1. The number of guanidine groups is 1. The molecule has 4 N–H and O–H groups in total. The van der Waals surface area contributed by atoms with Gasteiger partial charge in [0.25, 0.3) is 0 Å². The molecule has 0 heterocycles. The van der Waals surface area contributed by atoms with Crippen LogP contribution in [0.5, 0.6) is 0 Å². The first-order chi connectivity index (χ1) is 13.9. The van der Waals surface area contributed by atoms with Crippen molar-refractivity contribution in [1.29, 1.82) is 0 Å². The van der Waals surface area contributed by atoms with E-state index in [1.165, 1.54) is 17.7 Å². The molecule has 2 aromatic rings. The number of primary sulfonamides is 1. The number of nitrogens with two attached hydrogens (primary N) is 1.